The molecule has 0 amide bonds. The van der Waals surface area contributed by atoms with Crippen LogP contribution in [0.15, 0.2) is 72.8 Å². The van der Waals surface area contributed by atoms with Gasteiger partial charge in [-0.2, -0.15) is 0 Å². The molecule has 4 aromatic rings. The molecule has 0 radical (unpaired) electrons. The molecule has 0 aliphatic rings. The second kappa shape index (κ2) is 7.85. The first kappa shape index (κ1) is 17.6. The normalized spacial score (nSPS) is 11.0. The van der Waals surface area contributed by atoms with E-state index in [0.717, 1.165) is 46.2 Å². The minimum atomic E-state index is 0.640. The zero-order valence-electron chi connectivity index (χ0n) is 15.2. The van der Waals surface area contributed by atoms with Crippen molar-refractivity contribution in [1.29, 1.82) is 0 Å². The number of aromatic nitrogens is 2. The second-order valence-corrected chi connectivity index (χ2v) is 7.03. The maximum atomic E-state index is 5.92. The summed E-state index contributed by atoms with van der Waals surface area (Å²) in [6, 6.07) is 24.3. The summed E-state index contributed by atoms with van der Waals surface area (Å²) in [7, 11) is 0. The molecule has 4 heteroatoms. The maximum absolute atomic E-state index is 5.92. The highest BCUT2D eigenvalue weighted by atomic mass is 35.5. The summed E-state index contributed by atoms with van der Waals surface area (Å²) in [5.74, 6) is 1.84. The van der Waals surface area contributed by atoms with Crippen molar-refractivity contribution in [2.75, 3.05) is 6.61 Å². The van der Waals surface area contributed by atoms with Crippen LogP contribution < -0.4 is 4.74 Å². The number of hydrogen-bond acceptors (Lipinski definition) is 2. The number of imidazole rings is 1. The van der Waals surface area contributed by atoms with E-state index in [1.165, 1.54) is 5.56 Å². The fourth-order valence-corrected chi connectivity index (χ4v) is 3.29. The molecule has 1 aromatic heterocycles. The van der Waals surface area contributed by atoms with Crippen LogP contribution in [0.1, 0.15) is 12.0 Å². The Morgan fingerprint density at radius 1 is 0.926 bits per heavy atom. The number of ether oxygens (including phenoxy) is 1. The summed E-state index contributed by atoms with van der Waals surface area (Å²) in [6.07, 6.45) is 0.891. The highest BCUT2D eigenvalue weighted by molar-refractivity contribution is 6.30. The van der Waals surface area contributed by atoms with Crippen LogP contribution in [0, 0.1) is 6.92 Å². The molecule has 3 nitrogen and oxygen atoms in total. The Morgan fingerprint density at radius 2 is 1.67 bits per heavy atom. The average molecular weight is 377 g/mol. The number of benzene rings is 3. The van der Waals surface area contributed by atoms with E-state index in [9.17, 15) is 0 Å². The monoisotopic (exact) mass is 376 g/mol. The summed E-state index contributed by atoms with van der Waals surface area (Å²) < 4.78 is 8.12. The summed E-state index contributed by atoms with van der Waals surface area (Å²) in [5.41, 5.74) is 4.56. The Labute approximate surface area is 164 Å². The van der Waals surface area contributed by atoms with Gasteiger partial charge in [-0.1, -0.05) is 53.6 Å². The van der Waals surface area contributed by atoms with E-state index in [1.807, 2.05) is 30.3 Å². The summed E-state index contributed by atoms with van der Waals surface area (Å²) in [5, 5.41) is 0.718. The van der Waals surface area contributed by atoms with Crippen molar-refractivity contribution < 1.29 is 4.74 Å². The Balaban J connectivity index is 1.53. The average Bonchev–Trinajstić information content (AvgIpc) is 3.06. The Bertz CT molecular complexity index is 1040. The Kier molecular flexibility index (Phi) is 5.12. The van der Waals surface area contributed by atoms with Crippen LogP contribution in [-0.2, 0) is 6.54 Å². The first-order chi connectivity index (χ1) is 13.2. The van der Waals surface area contributed by atoms with Gasteiger partial charge in [0.25, 0.3) is 0 Å². The van der Waals surface area contributed by atoms with Gasteiger partial charge in [-0.15, -0.1) is 0 Å². The molecule has 27 heavy (non-hydrogen) atoms. The van der Waals surface area contributed by atoms with Crippen molar-refractivity contribution in [2.45, 2.75) is 19.9 Å². The number of rotatable bonds is 6. The highest BCUT2D eigenvalue weighted by Crippen LogP contribution is 2.25. The molecular formula is C23H21ClN2O. The lowest BCUT2D eigenvalue weighted by Gasteiger charge is -2.11. The molecule has 0 atom stereocenters. The lowest BCUT2D eigenvalue weighted by atomic mass is 10.1. The van der Waals surface area contributed by atoms with Gasteiger partial charge in [0, 0.05) is 17.1 Å². The first-order valence-electron chi connectivity index (χ1n) is 9.11. The largest absolute Gasteiger partial charge is 0.494 e. The summed E-state index contributed by atoms with van der Waals surface area (Å²) in [6.45, 7) is 3.58. The van der Waals surface area contributed by atoms with Crippen LogP contribution in [0.4, 0.5) is 0 Å². The van der Waals surface area contributed by atoms with Crippen molar-refractivity contribution in [3.63, 3.8) is 0 Å². The van der Waals surface area contributed by atoms with Gasteiger partial charge in [0.15, 0.2) is 0 Å². The lowest BCUT2D eigenvalue weighted by molar-refractivity contribution is 0.303. The Morgan fingerprint density at radius 3 is 2.44 bits per heavy atom. The predicted octanol–water partition coefficient (Wildman–Crippen LogP) is 6.13. The van der Waals surface area contributed by atoms with Gasteiger partial charge in [-0.25, -0.2) is 4.98 Å². The number of hydrogen-bond donors (Lipinski definition) is 0. The van der Waals surface area contributed by atoms with Gasteiger partial charge in [0.05, 0.1) is 17.6 Å². The van der Waals surface area contributed by atoms with Crippen molar-refractivity contribution in [3.05, 3.63) is 83.4 Å². The second-order valence-electron chi connectivity index (χ2n) is 6.60. The standard InChI is InChI=1S/C23H21ClN2O/c1-17-7-9-18(10-8-17)23-25-21-5-2-3-6-22(21)26(23)15-4-16-27-20-13-11-19(24)12-14-20/h2-3,5-14H,4,15-16H2,1H3. The maximum Gasteiger partial charge on any atom is 0.141 e. The van der Waals surface area contributed by atoms with Crippen molar-refractivity contribution in [2.24, 2.45) is 0 Å². The van der Waals surface area contributed by atoms with Crippen LogP contribution in [0.5, 0.6) is 5.75 Å². The summed E-state index contributed by atoms with van der Waals surface area (Å²) in [4.78, 5) is 4.87. The molecule has 4 rings (SSSR count). The molecule has 0 saturated carbocycles. The van der Waals surface area contributed by atoms with Gasteiger partial charge in [-0.05, 0) is 49.7 Å². The number of para-hydroxylation sites is 2. The van der Waals surface area contributed by atoms with E-state index in [2.05, 4.69) is 54.0 Å². The van der Waals surface area contributed by atoms with E-state index in [-0.39, 0.29) is 0 Å². The molecular weight excluding hydrogens is 356 g/mol. The summed E-state index contributed by atoms with van der Waals surface area (Å²) >= 11 is 5.92. The van der Waals surface area contributed by atoms with E-state index in [0.29, 0.717) is 6.61 Å². The molecule has 0 aliphatic carbocycles. The Hall–Kier alpha value is -2.78. The highest BCUT2D eigenvalue weighted by Gasteiger charge is 2.12. The van der Waals surface area contributed by atoms with Gasteiger partial charge in [-0.3, -0.25) is 0 Å². The molecule has 0 unspecified atom stereocenters. The minimum Gasteiger partial charge on any atom is -0.494 e. The molecule has 0 spiro atoms. The quantitative estimate of drug-likeness (QED) is 0.378. The van der Waals surface area contributed by atoms with Gasteiger partial charge in [0.1, 0.15) is 11.6 Å². The van der Waals surface area contributed by atoms with Gasteiger partial charge >= 0.3 is 0 Å². The predicted molar refractivity (Wildman–Crippen MR) is 111 cm³/mol. The van der Waals surface area contributed by atoms with Crippen LogP contribution in [-0.4, -0.2) is 16.2 Å². The molecule has 0 N–H and O–H groups in total. The van der Waals surface area contributed by atoms with E-state index >= 15 is 0 Å². The molecule has 3 aromatic carbocycles. The van der Waals surface area contributed by atoms with Crippen molar-refractivity contribution >= 4 is 22.6 Å². The SMILES string of the molecule is Cc1ccc(-c2nc3ccccc3n2CCCOc2ccc(Cl)cc2)cc1. The van der Waals surface area contributed by atoms with E-state index in [4.69, 9.17) is 21.3 Å². The third-order valence-electron chi connectivity index (χ3n) is 4.57. The first-order valence-corrected chi connectivity index (χ1v) is 9.49. The number of fused-ring (bicyclic) bond motifs is 1. The fraction of sp³-hybridized carbons (Fsp3) is 0.174. The molecule has 1 heterocycles. The number of aryl methyl sites for hydroxylation is 2. The number of halogens is 1. The molecule has 0 bridgehead atoms. The van der Waals surface area contributed by atoms with E-state index in [1.54, 1.807) is 0 Å². The molecule has 136 valence electrons. The molecule has 0 aliphatic heterocycles. The van der Waals surface area contributed by atoms with Crippen LogP contribution in [0.25, 0.3) is 22.4 Å². The van der Waals surface area contributed by atoms with E-state index < -0.39 is 0 Å². The third kappa shape index (κ3) is 3.99. The minimum absolute atomic E-state index is 0.640. The van der Waals surface area contributed by atoms with Crippen molar-refractivity contribution in [3.8, 4) is 17.1 Å². The zero-order valence-corrected chi connectivity index (χ0v) is 16.0. The number of nitrogens with zero attached hydrogens (tertiary/aromatic N) is 2. The van der Waals surface area contributed by atoms with Crippen LogP contribution in [0.2, 0.25) is 5.02 Å². The molecule has 0 fully saturated rings. The smallest absolute Gasteiger partial charge is 0.141 e. The zero-order chi connectivity index (χ0) is 18.6. The van der Waals surface area contributed by atoms with Crippen molar-refractivity contribution in [1.82, 2.24) is 9.55 Å². The third-order valence-corrected chi connectivity index (χ3v) is 4.82. The van der Waals surface area contributed by atoms with Gasteiger partial charge in [0.2, 0.25) is 0 Å². The lowest BCUT2D eigenvalue weighted by Crippen LogP contribution is -2.06. The van der Waals surface area contributed by atoms with Crippen LogP contribution in [0.3, 0.4) is 0 Å². The topological polar surface area (TPSA) is 27.1 Å². The van der Waals surface area contributed by atoms with Crippen LogP contribution >= 0.6 is 11.6 Å². The molecule has 0 saturated heterocycles. The fourth-order valence-electron chi connectivity index (χ4n) is 3.17. The van der Waals surface area contributed by atoms with Gasteiger partial charge < -0.3 is 9.30 Å².